The second kappa shape index (κ2) is 10.2. The number of anilines is 2. The Morgan fingerprint density at radius 1 is 1.07 bits per heavy atom. The Bertz CT molecular complexity index is 1540. The van der Waals surface area contributed by atoms with Gasteiger partial charge >= 0.3 is 12.2 Å². The lowest BCUT2D eigenvalue weighted by molar-refractivity contribution is -0.140. The van der Waals surface area contributed by atoms with Gasteiger partial charge in [-0.2, -0.15) is 13.2 Å². The monoisotopic (exact) mass is 584 g/mol. The number of benzene rings is 2. The maximum atomic E-state index is 14.2. The predicted molar refractivity (Wildman–Crippen MR) is 138 cm³/mol. The molecule has 40 heavy (non-hydrogen) atoms. The Kier molecular flexibility index (Phi) is 7.43. The normalized spacial score (nSPS) is 19.2. The molecule has 0 bridgehead atoms. The molecule has 1 saturated heterocycles. The highest BCUT2D eigenvalue weighted by molar-refractivity contribution is 7.88. The van der Waals surface area contributed by atoms with Crippen LogP contribution in [0.2, 0.25) is 0 Å². The van der Waals surface area contributed by atoms with Crippen molar-refractivity contribution in [2.45, 2.75) is 44.6 Å². The van der Waals surface area contributed by atoms with E-state index in [1.54, 1.807) is 18.2 Å². The van der Waals surface area contributed by atoms with E-state index in [1.165, 1.54) is 26.0 Å². The molecule has 0 radical (unpaired) electrons. The molecule has 0 saturated carbocycles. The fraction of sp³-hybridized carbons (Fsp3) is 0.308. The number of amides is 3. The number of allylic oxidation sites excluding steroid dienone is 1. The van der Waals surface area contributed by atoms with Gasteiger partial charge < -0.3 is 10.2 Å². The minimum atomic E-state index is -5.04. The van der Waals surface area contributed by atoms with Gasteiger partial charge in [0.05, 0.1) is 24.1 Å². The van der Waals surface area contributed by atoms with E-state index in [4.69, 9.17) is 0 Å². The van der Waals surface area contributed by atoms with Crippen LogP contribution >= 0.6 is 0 Å². The Morgan fingerprint density at radius 2 is 1.77 bits per heavy atom. The van der Waals surface area contributed by atoms with Crippen molar-refractivity contribution in [3.05, 3.63) is 83.1 Å². The molecule has 1 aliphatic carbocycles. The number of hydrogen-bond donors (Lipinski definition) is 2. The number of halogens is 5. The average Bonchev–Trinajstić information content (AvgIpc) is 3.00. The van der Waals surface area contributed by atoms with E-state index in [-0.39, 0.29) is 12.6 Å². The van der Waals surface area contributed by atoms with Gasteiger partial charge in [0, 0.05) is 17.4 Å². The zero-order valence-corrected chi connectivity index (χ0v) is 22.3. The van der Waals surface area contributed by atoms with Gasteiger partial charge in [-0.1, -0.05) is 18.2 Å². The summed E-state index contributed by atoms with van der Waals surface area (Å²) in [6, 6.07) is 4.33. The van der Waals surface area contributed by atoms with Crippen molar-refractivity contribution >= 4 is 33.3 Å². The molecule has 0 spiro atoms. The van der Waals surface area contributed by atoms with Gasteiger partial charge in [0.2, 0.25) is 10.0 Å². The molecule has 1 atom stereocenters. The van der Waals surface area contributed by atoms with Gasteiger partial charge in [0.25, 0.3) is 5.91 Å². The maximum absolute atomic E-state index is 14.2. The Hall–Kier alpha value is -3.94. The number of sulfonamides is 1. The number of carbonyl (C=O) groups is 2. The molecule has 1 aliphatic heterocycles. The molecule has 8 nitrogen and oxygen atoms in total. The smallest absolute Gasteiger partial charge is 0.378 e. The molecule has 4 rings (SSSR count). The SMILES string of the molecule is CC1(C)C(=O)N(c2ccc(F)c(C(F)(F)F)c2)C(=O)N1Cc1ccc(F)cc1NC1C=CC(NS(C)(=O)=O)=CC1. The van der Waals surface area contributed by atoms with Crippen LogP contribution < -0.4 is 14.9 Å². The Morgan fingerprint density at radius 3 is 2.38 bits per heavy atom. The van der Waals surface area contributed by atoms with Crippen molar-refractivity contribution in [1.82, 2.24) is 9.62 Å². The van der Waals surface area contributed by atoms with Gasteiger partial charge in [-0.05, 0) is 62.2 Å². The van der Waals surface area contributed by atoms with Gasteiger partial charge in [0.1, 0.15) is 17.2 Å². The van der Waals surface area contributed by atoms with E-state index in [0.717, 1.165) is 23.3 Å². The Balaban J connectivity index is 1.59. The number of urea groups is 1. The topological polar surface area (TPSA) is 98.8 Å². The minimum absolute atomic E-state index is 0.211. The molecule has 2 aromatic carbocycles. The number of carbonyl (C=O) groups excluding carboxylic acids is 2. The molecule has 2 N–H and O–H groups in total. The van der Waals surface area contributed by atoms with Crippen LogP contribution in [0.15, 0.2) is 60.3 Å². The summed E-state index contributed by atoms with van der Waals surface area (Å²) in [5.74, 6) is -2.95. The van der Waals surface area contributed by atoms with Crippen LogP contribution in [-0.4, -0.2) is 43.1 Å². The minimum Gasteiger partial charge on any atom is -0.378 e. The van der Waals surface area contributed by atoms with E-state index < -0.39 is 56.6 Å². The van der Waals surface area contributed by atoms with Crippen molar-refractivity contribution in [3.63, 3.8) is 0 Å². The van der Waals surface area contributed by atoms with Crippen molar-refractivity contribution in [2.75, 3.05) is 16.5 Å². The third kappa shape index (κ3) is 5.96. The van der Waals surface area contributed by atoms with E-state index in [0.29, 0.717) is 40.4 Å². The van der Waals surface area contributed by atoms with Crippen LogP contribution in [-0.2, 0) is 27.5 Å². The van der Waals surface area contributed by atoms with Gasteiger partial charge in [-0.3, -0.25) is 9.52 Å². The lowest BCUT2D eigenvalue weighted by Crippen LogP contribution is -2.43. The van der Waals surface area contributed by atoms with Crippen LogP contribution in [0.4, 0.5) is 38.1 Å². The lowest BCUT2D eigenvalue weighted by Gasteiger charge is -2.29. The fourth-order valence-electron chi connectivity index (χ4n) is 4.41. The van der Waals surface area contributed by atoms with Gasteiger partial charge in [-0.15, -0.1) is 0 Å². The van der Waals surface area contributed by atoms with Crippen molar-refractivity contribution < 1.29 is 40.0 Å². The third-order valence-electron chi connectivity index (χ3n) is 6.48. The molecule has 1 unspecified atom stereocenters. The first-order valence-electron chi connectivity index (χ1n) is 11.9. The van der Waals surface area contributed by atoms with Crippen LogP contribution in [0.5, 0.6) is 0 Å². The van der Waals surface area contributed by atoms with E-state index in [9.17, 15) is 40.0 Å². The highest BCUT2D eigenvalue weighted by atomic mass is 32.2. The molecule has 14 heteroatoms. The summed E-state index contributed by atoms with van der Waals surface area (Å²) in [4.78, 5) is 28.3. The first kappa shape index (κ1) is 29.1. The van der Waals surface area contributed by atoms with Crippen molar-refractivity contribution in [2.24, 2.45) is 0 Å². The van der Waals surface area contributed by atoms with Gasteiger partial charge in [0.15, 0.2) is 0 Å². The van der Waals surface area contributed by atoms with Crippen LogP contribution in [0, 0.1) is 11.6 Å². The summed E-state index contributed by atoms with van der Waals surface area (Å²) >= 11 is 0. The first-order valence-corrected chi connectivity index (χ1v) is 13.8. The predicted octanol–water partition coefficient (Wildman–Crippen LogP) is 4.90. The van der Waals surface area contributed by atoms with E-state index in [1.807, 2.05) is 0 Å². The number of nitrogens with one attached hydrogen (secondary N) is 2. The number of alkyl halides is 3. The fourth-order valence-corrected chi connectivity index (χ4v) is 4.99. The second-order valence-corrected chi connectivity index (χ2v) is 11.7. The summed E-state index contributed by atoms with van der Waals surface area (Å²) in [6.45, 7) is 2.63. The highest BCUT2D eigenvalue weighted by Crippen LogP contribution is 2.38. The summed E-state index contributed by atoms with van der Waals surface area (Å²) in [5.41, 5.74) is -2.48. The molecular weight excluding hydrogens is 559 g/mol. The van der Waals surface area contributed by atoms with Gasteiger partial charge in [-0.25, -0.2) is 26.9 Å². The molecule has 2 aliphatic rings. The Labute approximate surface area is 227 Å². The summed E-state index contributed by atoms with van der Waals surface area (Å²) in [6.07, 6.45) is 1.17. The zero-order chi connectivity index (χ0) is 29.6. The lowest BCUT2D eigenvalue weighted by atomic mass is 10.0. The molecule has 214 valence electrons. The molecule has 1 fully saturated rings. The van der Waals surface area contributed by atoms with Crippen LogP contribution in [0.3, 0.4) is 0 Å². The maximum Gasteiger partial charge on any atom is 0.419 e. The van der Waals surface area contributed by atoms with E-state index in [2.05, 4.69) is 10.0 Å². The first-order chi connectivity index (χ1) is 18.5. The number of imide groups is 1. The summed E-state index contributed by atoms with van der Waals surface area (Å²) < 4.78 is 93.1. The number of hydrogen-bond acceptors (Lipinski definition) is 5. The molecular formula is C26H25F5N4O4S. The third-order valence-corrected chi connectivity index (χ3v) is 7.09. The quantitative estimate of drug-likeness (QED) is 0.356. The number of nitrogens with zero attached hydrogens (tertiary/aromatic N) is 2. The molecule has 2 aromatic rings. The summed E-state index contributed by atoms with van der Waals surface area (Å²) in [7, 11) is -3.47. The van der Waals surface area contributed by atoms with Crippen molar-refractivity contribution in [1.29, 1.82) is 0 Å². The van der Waals surface area contributed by atoms with E-state index >= 15 is 0 Å². The molecule has 0 aromatic heterocycles. The molecule has 1 heterocycles. The second-order valence-electron chi connectivity index (χ2n) is 9.91. The van der Waals surface area contributed by atoms with Crippen LogP contribution in [0.1, 0.15) is 31.4 Å². The average molecular weight is 585 g/mol. The van der Waals surface area contributed by atoms with Crippen LogP contribution in [0.25, 0.3) is 0 Å². The van der Waals surface area contributed by atoms with Crippen molar-refractivity contribution in [3.8, 4) is 0 Å². The summed E-state index contributed by atoms with van der Waals surface area (Å²) in [5, 5.41) is 3.12. The molecule has 3 amide bonds. The highest BCUT2D eigenvalue weighted by Gasteiger charge is 2.52. The number of rotatable bonds is 7. The standard InChI is InChI=1S/C26H25F5N4O4S/c1-25(2)23(36)35(19-10-11-21(28)20(13-19)26(29,30)31)24(37)34(25)14-15-4-5-16(27)12-22(15)32-17-6-8-18(9-7-17)33-40(3,38)39/h4-6,8-13,17,32-33H,7,14H2,1-3H3. The zero-order valence-electron chi connectivity index (χ0n) is 21.5. The largest absolute Gasteiger partial charge is 0.419 e.